The Morgan fingerprint density at radius 3 is 2.37 bits per heavy atom. The second kappa shape index (κ2) is 9.32. The van der Waals surface area contributed by atoms with Crippen LogP contribution < -0.4 is 15.4 Å². The Kier molecular flexibility index (Phi) is 6.58. The molecule has 8 heteroatoms. The first-order chi connectivity index (χ1) is 14.4. The van der Waals surface area contributed by atoms with Gasteiger partial charge in [-0.25, -0.2) is 4.68 Å². The van der Waals surface area contributed by atoms with Gasteiger partial charge in [-0.05, 0) is 30.7 Å². The Hall–Kier alpha value is -3.52. The molecule has 0 unspecified atom stereocenters. The van der Waals surface area contributed by atoms with Crippen LogP contribution in [-0.2, 0) is 9.59 Å². The van der Waals surface area contributed by atoms with Crippen LogP contribution in [0.25, 0.3) is 11.3 Å². The van der Waals surface area contributed by atoms with E-state index >= 15 is 0 Å². The zero-order valence-corrected chi connectivity index (χ0v) is 18.1. The third-order valence-corrected chi connectivity index (χ3v) is 5.11. The van der Waals surface area contributed by atoms with E-state index in [9.17, 15) is 9.59 Å². The molecule has 0 aliphatic carbocycles. The van der Waals surface area contributed by atoms with E-state index in [1.54, 1.807) is 30.1 Å². The van der Waals surface area contributed by atoms with Gasteiger partial charge >= 0.3 is 0 Å². The molecule has 1 aromatic heterocycles. The van der Waals surface area contributed by atoms with Crippen molar-refractivity contribution in [3.05, 3.63) is 63.8 Å². The van der Waals surface area contributed by atoms with Crippen LogP contribution in [0.2, 0.25) is 0 Å². The minimum Gasteiger partial charge on any atom is -0.326 e. The number of carbonyl (C=O) groups excluding carboxylic acids is 2. The number of amides is 2. The summed E-state index contributed by atoms with van der Waals surface area (Å²) in [7, 11) is 1.71. The summed E-state index contributed by atoms with van der Waals surface area (Å²) in [5.41, 5.74) is 4.87. The van der Waals surface area contributed by atoms with Crippen molar-refractivity contribution in [3.63, 3.8) is 0 Å². The number of hydrogen-bond acceptors (Lipinski definition) is 5. The molecular formula is C22H23N5O2S. The lowest BCUT2D eigenvalue weighted by Crippen LogP contribution is -2.13. The standard InChI is InChI=1S/C22H23N5O2S/c1-14-5-7-17(8-6-14)12-24-27-21(13-30-22(27)23-4)19-10-9-18(25-15(2)28)11-20(19)26-16(3)29/h5-13H,1-4H3,(H,25,28)(H,26,29)/b23-22?,24-12-. The number of thiazole rings is 1. The van der Waals surface area contributed by atoms with E-state index in [1.165, 1.54) is 30.7 Å². The Bertz CT molecular complexity index is 1170. The van der Waals surface area contributed by atoms with E-state index < -0.39 is 0 Å². The molecule has 154 valence electrons. The zero-order chi connectivity index (χ0) is 21.7. The fourth-order valence-electron chi connectivity index (χ4n) is 2.87. The smallest absolute Gasteiger partial charge is 0.221 e. The van der Waals surface area contributed by atoms with E-state index in [2.05, 4.69) is 20.7 Å². The summed E-state index contributed by atoms with van der Waals surface area (Å²) in [4.78, 5) is 28.2. The molecule has 1 heterocycles. The number of benzene rings is 2. The molecule has 0 aliphatic rings. The maximum absolute atomic E-state index is 11.8. The Balaban J connectivity index is 2.09. The molecule has 2 N–H and O–H groups in total. The van der Waals surface area contributed by atoms with Gasteiger partial charge in [0.05, 0.1) is 17.6 Å². The highest BCUT2D eigenvalue weighted by Crippen LogP contribution is 2.31. The zero-order valence-electron chi connectivity index (χ0n) is 17.3. The van der Waals surface area contributed by atoms with Crippen LogP contribution in [0.4, 0.5) is 11.4 Å². The molecule has 0 fully saturated rings. The molecule has 30 heavy (non-hydrogen) atoms. The van der Waals surface area contributed by atoms with Gasteiger partial charge in [-0.3, -0.25) is 14.6 Å². The third kappa shape index (κ3) is 5.09. The van der Waals surface area contributed by atoms with E-state index in [0.717, 1.165) is 16.8 Å². The number of nitrogens with zero attached hydrogens (tertiary/aromatic N) is 3. The van der Waals surface area contributed by atoms with Crippen LogP contribution in [0.15, 0.2) is 57.9 Å². The Labute approximate surface area is 178 Å². The molecule has 0 saturated heterocycles. The molecule has 2 amide bonds. The van der Waals surface area contributed by atoms with Crippen LogP contribution in [0, 0.1) is 6.92 Å². The topological polar surface area (TPSA) is 87.9 Å². The maximum Gasteiger partial charge on any atom is 0.221 e. The number of aryl methyl sites for hydroxylation is 1. The molecule has 2 aromatic carbocycles. The average Bonchev–Trinajstić information content (AvgIpc) is 3.09. The van der Waals surface area contributed by atoms with Crippen molar-refractivity contribution in [2.75, 3.05) is 17.7 Å². The van der Waals surface area contributed by atoms with Gasteiger partial charge in [-0.15, -0.1) is 11.3 Å². The average molecular weight is 422 g/mol. The highest BCUT2D eigenvalue weighted by molar-refractivity contribution is 7.07. The van der Waals surface area contributed by atoms with Crippen LogP contribution >= 0.6 is 11.3 Å². The summed E-state index contributed by atoms with van der Waals surface area (Å²) in [5.74, 6) is -0.390. The minimum absolute atomic E-state index is 0.183. The van der Waals surface area contributed by atoms with E-state index in [-0.39, 0.29) is 11.8 Å². The fraction of sp³-hybridized carbons (Fsp3) is 0.182. The molecule has 0 radical (unpaired) electrons. The number of hydrogen-bond donors (Lipinski definition) is 2. The van der Waals surface area contributed by atoms with Crippen molar-refractivity contribution in [1.82, 2.24) is 4.68 Å². The van der Waals surface area contributed by atoms with Gasteiger partial charge in [0.1, 0.15) is 0 Å². The summed E-state index contributed by atoms with van der Waals surface area (Å²) in [6.07, 6.45) is 1.77. The number of carbonyl (C=O) groups is 2. The maximum atomic E-state index is 11.8. The number of aromatic nitrogens is 1. The van der Waals surface area contributed by atoms with Crippen LogP contribution in [0.1, 0.15) is 25.0 Å². The number of anilines is 2. The summed E-state index contributed by atoms with van der Waals surface area (Å²) >= 11 is 1.45. The van der Waals surface area contributed by atoms with Gasteiger partial charge in [0.15, 0.2) is 0 Å². The van der Waals surface area contributed by atoms with Crippen molar-refractivity contribution in [1.29, 1.82) is 0 Å². The molecule has 0 atom stereocenters. The van der Waals surface area contributed by atoms with Gasteiger partial charge in [-0.1, -0.05) is 29.8 Å². The predicted octanol–water partition coefficient (Wildman–Crippen LogP) is 3.85. The molecule has 7 nitrogen and oxygen atoms in total. The molecule has 0 aliphatic heterocycles. The normalized spacial score (nSPS) is 11.7. The predicted molar refractivity (Wildman–Crippen MR) is 122 cm³/mol. The highest BCUT2D eigenvalue weighted by Gasteiger charge is 2.14. The minimum atomic E-state index is -0.207. The van der Waals surface area contributed by atoms with Crippen LogP contribution in [-0.4, -0.2) is 29.8 Å². The van der Waals surface area contributed by atoms with Crippen LogP contribution in [0.3, 0.4) is 0 Å². The van der Waals surface area contributed by atoms with Crippen molar-refractivity contribution >= 4 is 40.7 Å². The van der Waals surface area contributed by atoms with E-state index in [4.69, 9.17) is 0 Å². The summed E-state index contributed by atoms with van der Waals surface area (Å²) in [6, 6.07) is 13.4. The highest BCUT2D eigenvalue weighted by atomic mass is 32.1. The van der Waals surface area contributed by atoms with E-state index in [1.807, 2.05) is 42.6 Å². The lowest BCUT2D eigenvalue weighted by atomic mass is 10.1. The molecular weight excluding hydrogens is 398 g/mol. The number of rotatable bonds is 5. The summed E-state index contributed by atoms with van der Waals surface area (Å²) in [6.45, 7) is 4.92. The van der Waals surface area contributed by atoms with E-state index in [0.29, 0.717) is 16.2 Å². The fourth-order valence-corrected chi connectivity index (χ4v) is 3.66. The third-order valence-electron chi connectivity index (χ3n) is 4.20. The lowest BCUT2D eigenvalue weighted by molar-refractivity contribution is -0.115. The van der Waals surface area contributed by atoms with Crippen molar-refractivity contribution in [3.8, 4) is 11.3 Å². The molecule has 0 bridgehead atoms. The second-order valence-electron chi connectivity index (χ2n) is 6.72. The monoisotopic (exact) mass is 421 g/mol. The summed E-state index contributed by atoms with van der Waals surface area (Å²) < 4.78 is 1.74. The van der Waals surface area contributed by atoms with Crippen molar-refractivity contribution in [2.45, 2.75) is 20.8 Å². The van der Waals surface area contributed by atoms with Gasteiger partial charge in [-0.2, -0.15) is 5.10 Å². The molecule has 0 saturated carbocycles. The Morgan fingerprint density at radius 1 is 1.03 bits per heavy atom. The summed E-state index contributed by atoms with van der Waals surface area (Å²) in [5, 5.41) is 12.1. The Morgan fingerprint density at radius 2 is 1.73 bits per heavy atom. The molecule has 3 rings (SSSR count). The first-order valence-corrected chi connectivity index (χ1v) is 10.2. The molecule has 3 aromatic rings. The van der Waals surface area contributed by atoms with Gasteiger partial charge < -0.3 is 10.6 Å². The lowest BCUT2D eigenvalue weighted by Gasteiger charge is -2.13. The quantitative estimate of drug-likeness (QED) is 0.613. The van der Waals surface area contributed by atoms with Gasteiger partial charge in [0, 0.05) is 37.5 Å². The first-order valence-electron chi connectivity index (χ1n) is 9.31. The largest absolute Gasteiger partial charge is 0.326 e. The first kappa shape index (κ1) is 21.2. The van der Waals surface area contributed by atoms with Crippen molar-refractivity contribution < 1.29 is 9.59 Å². The SMILES string of the molecule is CN=c1scc(-c2ccc(NC(C)=O)cc2NC(C)=O)n1/N=C\c1ccc(C)cc1. The van der Waals surface area contributed by atoms with Gasteiger partial charge in [0.25, 0.3) is 0 Å². The van der Waals surface area contributed by atoms with Gasteiger partial charge in [0.2, 0.25) is 16.6 Å². The molecule has 0 spiro atoms. The number of nitrogens with one attached hydrogen (secondary N) is 2. The van der Waals surface area contributed by atoms with Crippen LogP contribution in [0.5, 0.6) is 0 Å². The second-order valence-corrected chi connectivity index (χ2v) is 7.55. The van der Waals surface area contributed by atoms with Crippen molar-refractivity contribution in [2.24, 2.45) is 10.1 Å².